The minimum atomic E-state index is -0.901. The van der Waals surface area contributed by atoms with Crippen LogP contribution in [0.25, 0.3) is 0 Å². The Morgan fingerprint density at radius 1 is 1.00 bits per heavy atom. The number of carbonyl (C=O) groups excluding carboxylic acids is 2. The summed E-state index contributed by atoms with van der Waals surface area (Å²) in [5.74, 6) is -2.01. The SMILES string of the molecule is O=C(O)C1CCC1C(=O)NCCC(=O)N1CCCCCC1. The van der Waals surface area contributed by atoms with Crippen LogP contribution in [-0.4, -0.2) is 47.4 Å². The second kappa shape index (κ2) is 7.43. The standard InChI is InChI=1S/C15H24N2O4/c18-13(17-9-3-1-2-4-10-17)7-8-16-14(19)11-5-6-12(11)15(20)21/h11-12H,1-10H2,(H,16,19)(H,20,21). The van der Waals surface area contributed by atoms with Crippen molar-refractivity contribution in [1.29, 1.82) is 0 Å². The molecular formula is C15H24N2O4. The third kappa shape index (κ3) is 4.19. The monoisotopic (exact) mass is 296 g/mol. The van der Waals surface area contributed by atoms with Gasteiger partial charge in [-0.3, -0.25) is 14.4 Å². The number of hydrogen-bond donors (Lipinski definition) is 2. The van der Waals surface area contributed by atoms with E-state index in [-0.39, 0.29) is 11.8 Å². The molecule has 118 valence electrons. The normalized spacial score (nSPS) is 25.6. The highest BCUT2D eigenvalue weighted by atomic mass is 16.4. The smallest absolute Gasteiger partial charge is 0.307 e. The Bertz CT molecular complexity index is 402. The lowest BCUT2D eigenvalue weighted by Crippen LogP contribution is -2.45. The van der Waals surface area contributed by atoms with Gasteiger partial charge in [-0.05, 0) is 25.7 Å². The average molecular weight is 296 g/mol. The van der Waals surface area contributed by atoms with Crippen molar-refractivity contribution < 1.29 is 19.5 Å². The first-order valence-electron chi connectivity index (χ1n) is 7.88. The van der Waals surface area contributed by atoms with Crippen molar-refractivity contribution in [1.82, 2.24) is 10.2 Å². The minimum Gasteiger partial charge on any atom is -0.481 e. The Kier molecular flexibility index (Phi) is 5.59. The maximum atomic E-state index is 12.0. The van der Waals surface area contributed by atoms with Crippen molar-refractivity contribution in [3.05, 3.63) is 0 Å². The summed E-state index contributed by atoms with van der Waals surface area (Å²) in [5, 5.41) is 11.6. The molecule has 2 aliphatic rings. The summed E-state index contributed by atoms with van der Waals surface area (Å²) in [4.78, 5) is 36.6. The molecule has 1 heterocycles. The van der Waals surface area contributed by atoms with E-state index in [1.54, 1.807) is 0 Å². The maximum absolute atomic E-state index is 12.0. The second-order valence-electron chi connectivity index (χ2n) is 5.96. The Hall–Kier alpha value is -1.59. The fraction of sp³-hybridized carbons (Fsp3) is 0.800. The van der Waals surface area contributed by atoms with E-state index < -0.39 is 17.8 Å². The van der Waals surface area contributed by atoms with Crippen molar-refractivity contribution >= 4 is 17.8 Å². The van der Waals surface area contributed by atoms with E-state index in [9.17, 15) is 14.4 Å². The van der Waals surface area contributed by atoms with Gasteiger partial charge < -0.3 is 15.3 Å². The van der Waals surface area contributed by atoms with Crippen LogP contribution < -0.4 is 5.32 Å². The third-order valence-corrected chi connectivity index (χ3v) is 4.53. The van der Waals surface area contributed by atoms with Crippen LogP contribution >= 0.6 is 0 Å². The van der Waals surface area contributed by atoms with Crippen molar-refractivity contribution in [3.8, 4) is 0 Å². The molecule has 0 bridgehead atoms. The predicted octanol–water partition coefficient (Wildman–Crippen LogP) is 1.01. The molecule has 0 aromatic rings. The molecule has 2 unspecified atom stereocenters. The van der Waals surface area contributed by atoms with Gasteiger partial charge in [0.05, 0.1) is 11.8 Å². The van der Waals surface area contributed by atoms with E-state index in [1.165, 1.54) is 12.8 Å². The number of aliphatic carboxylic acids is 1. The van der Waals surface area contributed by atoms with Crippen LogP contribution in [0.15, 0.2) is 0 Å². The number of hydrogen-bond acceptors (Lipinski definition) is 3. The lowest BCUT2D eigenvalue weighted by Gasteiger charge is -2.32. The maximum Gasteiger partial charge on any atom is 0.307 e. The molecule has 2 fully saturated rings. The minimum absolute atomic E-state index is 0.0839. The fourth-order valence-corrected chi connectivity index (χ4v) is 3.01. The Morgan fingerprint density at radius 2 is 1.62 bits per heavy atom. The van der Waals surface area contributed by atoms with Gasteiger partial charge in [0.1, 0.15) is 0 Å². The molecular weight excluding hydrogens is 272 g/mol. The lowest BCUT2D eigenvalue weighted by molar-refractivity contribution is -0.152. The van der Waals surface area contributed by atoms with Crippen molar-refractivity contribution in [2.75, 3.05) is 19.6 Å². The van der Waals surface area contributed by atoms with E-state index in [2.05, 4.69) is 5.32 Å². The van der Waals surface area contributed by atoms with E-state index in [0.29, 0.717) is 25.8 Å². The fourth-order valence-electron chi connectivity index (χ4n) is 3.01. The number of amides is 2. The van der Waals surface area contributed by atoms with Crippen LogP contribution in [0.5, 0.6) is 0 Å². The van der Waals surface area contributed by atoms with Crippen LogP contribution in [-0.2, 0) is 14.4 Å². The number of carbonyl (C=O) groups is 3. The molecule has 2 rings (SSSR count). The summed E-state index contributed by atoms with van der Waals surface area (Å²) >= 11 is 0. The molecule has 2 N–H and O–H groups in total. The van der Waals surface area contributed by atoms with Gasteiger partial charge in [-0.15, -0.1) is 0 Å². The molecule has 2 atom stereocenters. The van der Waals surface area contributed by atoms with E-state index >= 15 is 0 Å². The Morgan fingerprint density at radius 3 is 2.14 bits per heavy atom. The van der Waals surface area contributed by atoms with Gasteiger partial charge in [-0.25, -0.2) is 0 Å². The molecule has 1 aliphatic heterocycles. The molecule has 0 aromatic heterocycles. The largest absolute Gasteiger partial charge is 0.481 e. The van der Waals surface area contributed by atoms with Gasteiger partial charge in [0.25, 0.3) is 0 Å². The van der Waals surface area contributed by atoms with Gasteiger partial charge in [0.15, 0.2) is 0 Å². The summed E-state index contributed by atoms with van der Waals surface area (Å²) in [7, 11) is 0. The first-order valence-corrected chi connectivity index (χ1v) is 7.88. The second-order valence-corrected chi connectivity index (χ2v) is 5.96. The number of carboxylic acids is 1. The molecule has 2 amide bonds. The summed E-state index contributed by atoms with van der Waals surface area (Å²) < 4.78 is 0. The van der Waals surface area contributed by atoms with Gasteiger partial charge in [-0.2, -0.15) is 0 Å². The number of nitrogens with one attached hydrogen (secondary N) is 1. The highest BCUT2D eigenvalue weighted by Gasteiger charge is 2.41. The van der Waals surface area contributed by atoms with Gasteiger partial charge in [0.2, 0.25) is 11.8 Å². The molecule has 6 heteroatoms. The van der Waals surface area contributed by atoms with E-state index in [4.69, 9.17) is 5.11 Å². The third-order valence-electron chi connectivity index (χ3n) is 4.53. The highest BCUT2D eigenvalue weighted by Crippen LogP contribution is 2.34. The quantitative estimate of drug-likeness (QED) is 0.792. The first kappa shape index (κ1) is 15.8. The average Bonchev–Trinajstić information content (AvgIpc) is 2.65. The van der Waals surface area contributed by atoms with Crippen LogP contribution in [0.1, 0.15) is 44.9 Å². The highest BCUT2D eigenvalue weighted by molar-refractivity contribution is 5.86. The molecule has 1 saturated carbocycles. The van der Waals surface area contributed by atoms with Crippen molar-refractivity contribution in [2.24, 2.45) is 11.8 Å². The number of nitrogens with zero attached hydrogens (tertiary/aromatic N) is 1. The molecule has 21 heavy (non-hydrogen) atoms. The van der Waals surface area contributed by atoms with E-state index in [0.717, 1.165) is 25.9 Å². The topological polar surface area (TPSA) is 86.7 Å². The zero-order valence-electron chi connectivity index (χ0n) is 12.3. The Balaban J connectivity index is 1.67. The van der Waals surface area contributed by atoms with Gasteiger partial charge >= 0.3 is 5.97 Å². The van der Waals surface area contributed by atoms with Crippen molar-refractivity contribution in [2.45, 2.75) is 44.9 Å². The number of rotatable bonds is 5. The van der Waals surface area contributed by atoms with Crippen LogP contribution in [0.3, 0.4) is 0 Å². The zero-order valence-corrected chi connectivity index (χ0v) is 12.3. The van der Waals surface area contributed by atoms with Gasteiger partial charge in [-0.1, -0.05) is 12.8 Å². The summed E-state index contributed by atoms with van der Waals surface area (Å²) in [6, 6.07) is 0. The summed E-state index contributed by atoms with van der Waals surface area (Å²) in [5.41, 5.74) is 0. The zero-order chi connectivity index (χ0) is 15.2. The first-order chi connectivity index (χ1) is 10.1. The molecule has 0 spiro atoms. The lowest BCUT2D eigenvalue weighted by atomic mass is 9.73. The molecule has 1 saturated heterocycles. The summed E-state index contributed by atoms with van der Waals surface area (Å²) in [6.07, 6.45) is 5.97. The Labute approximate surface area is 124 Å². The summed E-state index contributed by atoms with van der Waals surface area (Å²) in [6.45, 7) is 1.93. The van der Waals surface area contributed by atoms with Crippen molar-refractivity contribution in [3.63, 3.8) is 0 Å². The van der Waals surface area contributed by atoms with Crippen LogP contribution in [0.2, 0.25) is 0 Å². The molecule has 0 aromatic carbocycles. The molecule has 1 aliphatic carbocycles. The number of carboxylic acid groups (broad SMARTS) is 1. The molecule has 0 radical (unpaired) electrons. The van der Waals surface area contributed by atoms with Crippen LogP contribution in [0, 0.1) is 11.8 Å². The van der Waals surface area contributed by atoms with Crippen LogP contribution in [0.4, 0.5) is 0 Å². The van der Waals surface area contributed by atoms with Gasteiger partial charge in [0, 0.05) is 26.1 Å². The number of likely N-dealkylation sites (tertiary alicyclic amines) is 1. The predicted molar refractivity (Wildman–Crippen MR) is 76.5 cm³/mol. The van der Waals surface area contributed by atoms with E-state index in [1.807, 2.05) is 4.90 Å². The molecule has 6 nitrogen and oxygen atoms in total.